The van der Waals surface area contributed by atoms with Gasteiger partial charge in [0.2, 0.25) is 5.91 Å². The number of anilines is 1. The van der Waals surface area contributed by atoms with Crippen LogP contribution in [0.3, 0.4) is 0 Å². The van der Waals surface area contributed by atoms with Crippen molar-refractivity contribution in [2.45, 2.75) is 26.1 Å². The number of H-pyrrole nitrogens is 1. The summed E-state index contributed by atoms with van der Waals surface area (Å²) in [7, 11) is 0. The number of fused-ring (bicyclic) bond motifs is 1. The van der Waals surface area contributed by atoms with Crippen molar-refractivity contribution in [3.05, 3.63) is 137 Å². The van der Waals surface area contributed by atoms with E-state index in [9.17, 15) is 18.4 Å². The Kier molecular flexibility index (Phi) is 7.96. The molecule has 0 spiro atoms. The van der Waals surface area contributed by atoms with Crippen LogP contribution in [0.5, 0.6) is 0 Å². The fourth-order valence-electron chi connectivity index (χ4n) is 5.08. The maximum absolute atomic E-state index is 14.8. The standard InChI is InChI=1S/C34H28F2N6O2/c1-21(22-10-12-23(13-11-22)26-6-2-4-8-28(26)35)40-31-19-39-33(27-7-3-5-9-29(27)36)42(34(31)44)20-32(43)38-18-25-16-24-17-37-15-14-30(24)41-25/h2-17,19,21,40-41H,18,20H2,1H3,(H,38,43). The normalized spacial score (nSPS) is 11.8. The van der Waals surface area contributed by atoms with Crippen LogP contribution in [0.25, 0.3) is 33.4 Å². The molecule has 6 rings (SSSR count). The number of amides is 1. The summed E-state index contributed by atoms with van der Waals surface area (Å²) in [6.07, 6.45) is 4.74. The molecule has 8 nitrogen and oxygen atoms in total. The highest BCUT2D eigenvalue weighted by atomic mass is 19.1. The molecule has 1 amide bonds. The van der Waals surface area contributed by atoms with Gasteiger partial charge in [-0.15, -0.1) is 0 Å². The second kappa shape index (κ2) is 12.3. The Bertz CT molecular complexity index is 1990. The second-order valence-corrected chi connectivity index (χ2v) is 10.4. The van der Waals surface area contributed by atoms with E-state index in [4.69, 9.17) is 0 Å². The highest BCUT2D eigenvalue weighted by Gasteiger charge is 2.19. The Hall–Kier alpha value is -5.64. The lowest BCUT2D eigenvalue weighted by molar-refractivity contribution is -0.121. The first-order valence-electron chi connectivity index (χ1n) is 14.0. The SMILES string of the molecule is CC(Nc1cnc(-c2ccccc2F)n(CC(=O)NCc2cc3cnccc3[nH]2)c1=O)c1ccc(-c2ccccc2F)cc1. The van der Waals surface area contributed by atoms with Crippen molar-refractivity contribution in [3.63, 3.8) is 0 Å². The van der Waals surface area contributed by atoms with Crippen molar-refractivity contribution in [3.8, 4) is 22.5 Å². The summed E-state index contributed by atoms with van der Waals surface area (Å²) >= 11 is 0. The average Bonchev–Trinajstić information content (AvgIpc) is 3.46. The Labute approximate surface area is 251 Å². The third-order valence-electron chi connectivity index (χ3n) is 7.38. The first-order chi connectivity index (χ1) is 21.4. The number of hydrogen-bond acceptors (Lipinski definition) is 5. The summed E-state index contributed by atoms with van der Waals surface area (Å²) in [6, 6.07) is 23.2. The first-order valence-corrected chi connectivity index (χ1v) is 14.0. The van der Waals surface area contributed by atoms with Gasteiger partial charge in [-0.3, -0.25) is 19.1 Å². The second-order valence-electron chi connectivity index (χ2n) is 10.4. The third kappa shape index (κ3) is 5.96. The zero-order valence-electron chi connectivity index (χ0n) is 23.7. The van der Waals surface area contributed by atoms with Crippen molar-refractivity contribution in [1.29, 1.82) is 0 Å². The van der Waals surface area contributed by atoms with E-state index in [1.54, 1.807) is 42.7 Å². The quantitative estimate of drug-likeness (QED) is 0.185. The minimum Gasteiger partial charge on any atom is -0.373 e. The molecule has 0 aliphatic carbocycles. The zero-order valence-corrected chi connectivity index (χ0v) is 23.7. The van der Waals surface area contributed by atoms with Crippen molar-refractivity contribution in [1.82, 2.24) is 24.8 Å². The number of halogens is 2. The van der Waals surface area contributed by atoms with E-state index in [-0.39, 0.29) is 42.0 Å². The molecule has 0 saturated carbocycles. The summed E-state index contributed by atoms with van der Waals surface area (Å²) in [4.78, 5) is 38.6. The molecule has 0 aliphatic heterocycles. The van der Waals surface area contributed by atoms with Gasteiger partial charge in [0.1, 0.15) is 29.7 Å². The third-order valence-corrected chi connectivity index (χ3v) is 7.38. The molecule has 0 bridgehead atoms. The van der Waals surface area contributed by atoms with Gasteiger partial charge in [0.25, 0.3) is 5.56 Å². The number of rotatable bonds is 9. The van der Waals surface area contributed by atoms with Gasteiger partial charge in [-0.1, -0.05) is 54.6 Å². The lowest BCUT2D eigenvalue weighted by atomic mass is 10.0. The number of benzene rings is 3. The molecule has 3 aromatic carbocycles. The molecule has 0 aliphatic rings. The maximum atomic E-state index is 14.8. The van der Waals surface area contributed by atoms with Crippen molar-refractivity contribution in [2.75, 3.05) is 5.32 Å². The van der Waals surface area contributed by atoms with Crippen LogP contribution >= 0.6 is 0 Å². The lowest BCUT2D eigenvalue weighted by Gasteiger charge is -2.18. The molecular formula is C34H28F2N6O2. The van der Waals surface area contributed by atoms with Crippen LogP contribution in [0.15, 0.2) is 108 Å². The van der Waals surface area contributed by atoms with Crippen molar-refractivity contribution >= 4 is 22.5 Å². The van der Waals surface area contributed by atoms with Crippen LogP contribution in [-0.4, -0.2) is 25.4 Å². The number of nitrogens with zero attached hydrogens (tertiary/aromatic N) is 3. The van der Waals surface area contributed by atoms with Gasteiger partial charge in [0, 0.05) is 40.6 Å². The molecule has 1 unspecified atom stereocenters. The Morgan fingerprint density at radius 3 is 2.34 bits per heavy atom. The fourth-order valence-corrected chi connectivity index (χ4v) is 5.08. The van der Waals surface area contributed by atoms with Gasteiger partial charge < -0.3 is 15.6 Å². The predicted molar refractivity (Wildman–Crippen MR) is 166 cm³/mol. The summed E-state index contributed by atoms with van der Waals surface area (Å²) in [5.41, 5.74) is 3.45. The molecule has 0 fully saturated rings. The highest BCUT2D eigenvalue weighted by Crippen LogP contribution is 2.26. The molecule has 3 heterocycles. The molecule has 3 N–H and O–H groups in total. The molecule has 10 heteroatoms. The summed E-state index contributed by atoms with van der Waals surface area (Å²) < 4.78 is 30.2. The van der Waals surface area contributed by atoms with Crippen LogP contribution in [-0.2, 0) is 17.9 Å². The van der Waals surface area contributed by atoms with Gasteiger partial charge in [-0.25, -0.2) is 13.8 Å². The van der Waals surface area contributed by atoms with Gasteiger partial charge in [0.05, 0.1) is 18.3 Å². The molecule has 0 radical (unpaired) electrons. The number of pyridine rings is 1. The van der Waals surface area contributed by atoms with E-state index in [1.165, 1.54) is 29.0 Å². The molecule has 6 aromatic rings. The molecule has 0 saturated heterocycles. The van der Waals surface area contributed by atoms with Crippen LogP contribution < -0.4 is 16.2 Å². The van der Waals surface area contributed by atoms with Gasteiger partial charge >= 0.3 is 0 Å². The van der Waals surface area contributed by atoms with Gasteiger partial charge in [-0.2, -0.15) is 0 Å². The monoisotopic (exact) mass is 590 g/mol. The molecule has 44 heavy (non-hydrogen) atoms. The van der Waals surface area contributed by atoms with Crippen molar-refractivity contribution < 1.29 is 13.6 Å². The summed E-state index contributed by atoms with van der Waals surface area (Å²) in [6.45, 7) is 1.69. The highest BCUT2D eigenvalue weighted by molar-refractivity contribution is 5.80. The topological polar surface area (TPSA) is 105 Å². The Balaban J connectivity index is 1.24. The van der Waals surface area contributed by atoms with Crippen LogP contribution in [0.4, 0.5) is 14.5 Å². The number of carbonyl (C=O) groups is 1. The predicted octanol–water partition coefficient (Wildman–Crippen LogP) is 6.22. The summed E-state index contributed by atoms with van der Waals surface area (Å²) in [5, 5.41) is 6.90. The van der Waals surface area contributed by atoms with E-state index < -0.39 is 17.3 Å². The lowest BCUT2D eigenvalue weighted by Crippen LogP contribution is -2.34. The van der Waals surface area contributed by atoms with E-state index >= 15 is 0 Å². The number of hydrogen-bond donors (Lipinski definition) is 3. The minimum absolute atomic E-state index is 0.0346. The van der Waals surface area contributed by atoms with Crippen molar-refractivity contribution in [2.24, 2.45) is 0 Å². The molecular weight excluding hydrogens is 562 g/mol. The molecule has 3 aromatic heterocycles. The van der Waals surface area contributed by atoms with E-state index in [1.807, 2.05) is 43.3 Å². The smallest absolute Gasteiger partial charge is 0.277 e. The number of carbonyl (C=O) groups excluding carboxylic acids is 1. The number of aromatic nitrogens is 4. The Morgan fingerprint density at radius 2 is 1.64 bits per heavy atom. The van der Waals surface area contributed by atoms with Crippen LogP contribution in [0.1, 0.15) is 24.2 Å². The first kappa shape index (κ1) is 28.5. The molecule has 1 atom stereocenters. The average molecular weight is 591 g/mol. The van der Waals surface area contributed by atoms with Crippen LogP contribution in [0, 0.1) is 11.6 Å². The van der Waals surface area contributed by atoms with E-state index in [0.717, 1.165) is 27.7 Å². The minimum atomic E-state index is -0.565. The molecule has 220 valence electrons. The van der Waals surface area contributed by atoms with Crippen LogP contribution in [0.2, 0.25) is 0 Å². The van der Waals surface area contributed by atoms with Gasteiger partial charge in [-0.05, 0) is 48.4 Å². The Morgan fingerprint density at radius 1 is 0.932 bits per heavy atom. The number of aromatic amines is 1. The summed E-state index contributed by atoms with van der Waals surface area (Å²) in [5.74, 6) is -1.29. The largest absolute Gasteiger partial charge is 0.373 e. The maximum Gasteiger partial charge on any atom is 0.277 e. The zero-order chi connectivity index (χ0) is 30.6. The van der Waals surface area contributed by atoms with Gasteiger partial charge in [0.15, 0.2) is 0 Å². The fraction of sp³-hybridized carbons (Fsp3) is 0.118. The van der Waals surface area contributed by atoms with E-state index in [0.29, 0.717) is 5.56 Å². The number of nitrogens with one attached hydrogen (secondary N) is 3. The van der Waals surface area contributed by atoms with E-state index in [2.05, 4.69) is 25.6 Å².